The second-order valence-electron chi connectivity index (χ2n) is 3.72. The Morgan fingerprint density at radius 1 is 1.00 bits per heavy atom. The summed E-state index contributed by atoms with van der Waals surface area (Å²) in [6, 6.07) is 2.12. The predicted molar refractivity (Wildman–Crippen MR) is 61.0 cm³/mol. The molecule has 1 aromatic carbocycles. The monoisotopic (exact) mass is 192 g/mol. The van der Waals surface area contributed by atoms with E-state index in [1.54, 1.807) is 0 Å². The molecule has 1 aromatic rings. The maximum absolute atomic E-state index is 9.93. The van der Waals surface area contributed by atoms with Gasteiger partial charge in [0.25, 0.3) is 0 Å². The van der Waals surface area contributed by atoms with E-state index in [-0.39, 0.29) is 0 Å². The molecule has 0 fully saturated rings. The van der Waals surface area contributed by atoms with Gasteiger partial charge in [-0.05, 0) is 48.4 Å². The van der Waals surface area contributed by atoms with E-state index in [4.69, 9.17) is 0 Å². The van der Waals surface area contributed by atoms with Crippen LogP contribution in [0.1, 0.15) is 43.0 Å². The molecule has 0 aliphatic carbocycles. The standard InChI is InChI=1S/C13H20O/c1-5-10-8-9(4)13(14)12(7-3)11(10)6-2/h8,14H,5-7H2,1-4H3. The van der Waals surface area contributed by atoms with Crippen LogP contribution in [-0.2, 0) is 19.3 Å². The van der Waals surface area contributed by atoms with Gasteiger partial charge in [0.2, 0.25) is 0 Å². The first-order valence-corrected chi connectivity index (χ1v) is 5.48. The van der Waals surface area contributed by atoms with Crippen LogP contribution in [0.5, 0.6) is 5.75 Å². The summed E-state index contributed by atoms with van der Waals surface area (Å²) >= 11 is 0. The van der Waals surface area contributed by atoms with E-state index in [2.05, 4.69) is 26.8 Å². The third kappa shape index (κ3) is 1.77. The van der Waals surface area contributed by atoms with Gasteiger partial charge in [0.05, 0.1) is 0 Å². The van der Waals surface area contributed by atoms with Gasteiger partial charge in [-0.15, -0.1) is 0 Å². The van der Waals surface area contributed by atoms with Crippen molar-refractivity contribution in [1.29, 1.82) is 0 Å². The van der Waals surface area contributed by atoms with Crippen molar-refractivity contribution in [3.05, 3.63) is 28.3 Å². The number of phenolic OH excluding ortho intramolecular Hbond substituents is 1. The Morgan fingerprint density at radius 2 is 1.57 bits per heavy atom. The minimum Gasteiger partial charge on any atom is -0.507 e. The zero-order valence-corrected chi connectivity index (χ0v) is 9.65. The molecule has 0 aromatic heterocycles. The number of benzene rings is 1. The van der Waals surface area contributed by atoms with Crippen molar-refractivity contribution in [1.82, 2.24) is 0 Å². The van der Waals surface area contributed by atoms with Crippen LogP contribution in [0.25, 0.3) is 0 Å². The van der Waals surface area contributed by atoms with Crippen molar-refractivity contribution in [2.75, 3.05) is 0 Å². The van der Waals surface area contributed by atoms with Crippen LogP contribution in [0.2, 0.25) is 0 Å². The molecule has 78 valence electrons. The first-order valence-electron chi connectivity index (χ1n) is 5.48. The summed E-state index contributed by atoms with van der Waals surface area (Å²) in [4.78, 5) is 0. The topological polar surface area (TPSA) is 20.2 Å². The lowest BCUT2D eigenvalue weighted by atomic mass is 9.92. The molecule has 0 radical (unpaired) electrons. The van der Waals surface area contributed by atoms with E-state index in [0.717, 1.165) is 30.4 Å². The van der Waals surface area contributed by atoms with Crippen molar-refractivity contribution in [3.63, 3.8) is 0 Å². The minimum absolute atomic E-state index is 0.501. The number of hydrogen-bond acceptors (Lipinski definition) is 1. The van der Waals surface area contributed by atoms with Gasteiger partial charge in [0.1, 0.15) is 5.75 Å². The normalized spacial score (nSPS) is 10.6. The van der Waals surface area contributed by atoms with Gasteiger partial charge in [-0.25, -0.2) is 0 Å². The third-order valence-electron chi connectivity index (χ3n) is 2.89. The second-order valence-corrected chi connectivity index (χ2v) is 3.72. The van der Waals surface area contributed by atoms with E-state index in [9.17, 15) is 5.11 Å². The average Bonchev–Trinajstić information content (AvgIpc) is 2.20. The van der Waals surface area contributed by atoms with Crippen molar-refractivity contribution >= 4 is 0 Å². The summed E-state index contributed by atoms with van der Waals surface area (Å²) < 4.78 is 0. The molecule has 0 spiro atoms. The van der Waals surface area contributed by atoms with Crippen LogP contribution in [0.4, 0.5) is 0 Å². The van der Waals surface area contributed by atoms with Crippen LogP contribution in [0, 0.1) is 6.92 Å². The molecule has 14 heavy (non-hydrogen) atoms. The number of rotatable bonds is 3. The zero-order chi connectivity index (χ0) is 10.7. The maximum atomic E-state index is 9.93. The van der Waals surface area contributed by atoms with Gasteiger partial charge in [-0.3, -0.25) is 0 Å². The first-order chi connectivity index (χ1) is 6.65. The number of hydrogen-bond donors (Lipinski definition) is 1. The van der Waals surface area contributed by atoms with Crippen LogP contribution in [0.3, 0.4) is 0 Å². The van der Waals surface area contributed by atoms with Crippen LogP contribution >= 0.6 is 0 Å². The molecule has 0 heterocycles. The Labute approximate surface area is 86.8 Å². The molecule has 1 rings (SSSR count). The summed E-state index contributed by atoms with van der Waals surface area (Å²) in [6.45, 7) is 8.41. The van der Waals surface area contributed by atoms with Gasteiger partial charge >= 0.3 is 0 Å². The van der Waals surface area contributed by atoms with Gasteiger partial charge in [-0.1, -0.05) is 26.8 Å². The quantitative estimate of drug-likeness (QED) is 0.778. The van der Waals surface area contributed by atoms with Crippen molar-refractivity contribution in [2.24, 2.45) is 0 Å². The van der Waals surface area contributed by atoms with E-state index in [0.29, 0.717) is 5.75 Å². The van der Waals surface area contributed by atoms with Crippen molar-refractivity contribution < 1.29 is 5.11 Å². The molecule has 0 bridgehead atoms. The molecular weight excluding hydrogens is 172 g/mol. The molecule has 0 unspecified atom stereocenters. The molecule has 1 N–H and O–H groups in total. The van der Waals surface area contributed by atoms with Crippen LogP contribution < -0.4 is 0 Å². The van der Waals surface area contributed by atoms with Crippen molar-refractivity contribution in [3.8, 4) is 5.75 Å². The fourth-order valence-electron chi connectivity index (χ4n) is 2.13. The maximum Gasteiger partial charge on any atom is 0.121 e. The Bertz CT molecular complexity index is 326. The lowest BCUT2D eigenvalue weighted by Gasteiger charge is -2.15. The first kappa shape index (κ1) is 11.1. The van der Waals surface area contributed by atoms with E-state index in [1.165, 1.54) is 11.1 Å². The third-order valence-corrected chi connectivity index (χ3v) is 2.89. The Hall–Kier alpha value is -0.980. The van der Waals surface area contributed by atoms with Gasteiger partial charge in [0.15, 0.2) is 0 Å². The Kier molecular flexibility index (Phi) is 3.56. The second kappa shape index (κ2) is 4.50. The summed E-state index contributed by atoms with van der Waals surface area (Å²) in [5.74, 6) is 0.501. The van der Waals surface area contributed by atoms with Crippen molar-refractivity contribution in [2.45, 2.75) is 47.0 Å². The molecule has 0 saturated carbocycles. The SMILES string of the molecule is CCc1cc(C)c(O)c(CC)c1CC. The summed E-state index contributed by atoms with van der Waals surface area (Å²) in [7, 11) is 0. The van der Waals surface area contributed by atoms with Crippen LogP contribution in [0.15, 0.2) is 6.07 Å². The number of phenols is 1. The summed E-state index contributed by atoms with van der Waals surface area (Å²) in [5.41, 5.74) is 4.89. The summed E-state index contributed by atoms with van der Waals surface area (Å²) in [6.07, 6.45) is 2.99. The highest BCUT2D eigenvalue weighted by atomic mass is 16.3. The Morgan fingerprint density at radius 3 is 2.00 bits per heavy atom. The lowest BCUT2D eigenvalue weighted by molar-refractivity contribution is 0.463. The summed E-state index contributed by atoms with van der Waals surface area (Å²) in [5, 5.41) is 9.93. The molecule has 0 saturated heterocycles. The predicted octanol–water partition coefficient (Wildman–Crippen LogP) is 3.39. The van der Waals surface area contributed by atoms with Gasteiger partial charge in [0, 0.05) is 0 Å². The molecule has 1 nitrogen and oxygen atoms in total. The average molecular weight is 192 g/mol. The zero-order valence-electron chi connectivity index (χ0n) is 9.65. The fraction of sp³-hybridized carbons (Fsp3) is 0.538. The Balaban J connectivity index is 3.42. The molecule has 0 amide bonds. The minimum atomic E-state index is 0.501. The highest BCUT2D eigenvalue weighted by Gasteiger charge is 2.11. The fourth-order valence-corrected chi connectivity index (χ4v) is 2.13. The van der Waals surface area contributed by atoms with E-state index < -0.39 is 0 Å². The molecule has 1 heteroatoms. The largest absolute Gasteiger partial charge is 0.507 e. The highest BCUT2D eigenvalue weighted by Crippen LogP contribution is 2.29. The highest BCUT2D eigenvalue weighted by molar-refractivity contribution is 5.49. The molecule has 0 aliphatic rings. The number of aryl methyl sites for hydroxylation is 2. The van der Waals surface area contributed by atoms with Gasteiger partial charge in [-0.2, -0.15) is 0 Å². The van der Waals surface area contributed by atoms with E-state index >= 15 is 0 Å². The molecule has 0 aliphatic heterocycles. The lowest BCUT2D eigenvalue weighted by Crippen LogP contribution is -1.99. The van der Waals surface area contributed by atoms with Gasteiger partial charge < -0.3 is 5.11 Å². The van der Waals surface area contributed by atoms with Crippen LogP contribution in [-0.4, -0.2) is 5.11 Å². The van der Waals surface area contributed by atoms with E-state index in [1.807, 2.05) is 6.92 Å². The molecular formula is C13H20O. The molecule has 0 atom stereocenters. The smallest absolute Gasteiger partial charge is 0.121 e. The number of aromatic hydroxyl groups is 1.